The minimum atomic E-state index is -0.431. The third-order valence-electron chi connectivity index (χ3n) is 3.09. The number of ether oxygens (including phenoxy) is 1. The molecule has 20 heavy (non-hydrogen) atoms. The van der Waals surface area contributed by atoms with Crippen LogP contribution in [0.1, 0.15) is 31.0 Å². The molecule has 0 radical (unpaired) electrons. The summed E-state index contributed by atoms with van der Waals surface area (Å²) in [6.07, 6.45) is 1.53. The largest absolute Gasteiger partial charge is 0.497 e. The van der Waals surface area contributed by atoms with E-state index in [2.05, 4.69) is 4.98 Å². The highest BCUT2D eigenvalue weighted by molar-refractivity contribution is 5.32. The number of imidazole rings is 1. The monoisotopic (exact) mass is 275 g/mol. The van der Waals surface area contributed by atoms with E-state index in [-0.39, 0.29) is 11.7 Å². The van der Waals surface area contributed by atoms with E-state index in [9.17, 15) is 10.1 Å². The van der Waals surface area contributed by atoms with Gasteiger partial charge in [-0.25, -0.2) is 0 Å². The van der Waals surface area contributed by atoms with Crippen molar-refractivity contribution in [3.63, 3.8) is 0 Å². The molecule has 0 spiro atoms. The normalized spacial score (nSPS) is 10.8. The molecule has 6 nitrogen and oxygen atoms in total. The molecule has 6 heteroatoms. The Morgan fingerprint density at radius 1 is 1.35 bits per heavy atom. The SMILES string of the molecule is COc1ccc(Cn2cnc([N+](=O)[O-])c2C(C)C)cc1. The fourth-order valence-electron chi connectivity index (χ4n) is 2.17. The zero-order valence-corrected chi connectivity index (χ0v) is 11.7. The Hall–Kier alpha value is -2.37. The predicted octanol–water partition coefficient (Wildman–Crippen LogP) is 2.97. The Balaban J connectivity index is 2.30. The lowest BCUT2D eigenvalue weighted by Crippen LogP contribution is -2.06. The summed E-state index contributed by atoms with van der Waals surface area (Å²) in [5.41, 5.74) is 1.69. The molecule has 1 heterocycles. The minimum Gasteiger partial charge on any atom is -0.497 e. The van der Waals surface area contributed by atoms with Crippen molar-refractivity contribution < 1.29 is 9.66 Å². The average Bonchev–Trinajstić information content (AvgIpc) is 2.83. The maximum absolute atomic E-state index is 11.0. The first-order valence-electron chi connectivity index (χ1n) is 6.35. The molecule has 1 aromatic heterocycles. The minimum absolute atomic E-state index is 0.0381. The van der Waals surface area contributed by atoms with E-state index in [1.165, 1.54) is 6.33 Å². The third kappa shape index (κ3) is 2.79. The van der Waals surface area contributed by atoms with Crippen LogP contribution in [-0.4, -0.2) is 21.6 Å². The fraction of sp³-hybridized carbons (Fsp3) is 0.357. The molecule has 0 aliphatic carbocycles. The smallest absolute Gasteiger partial charge is 0.385 e. The number of rotatable bonds is 5. The van der Waals surface area contributed by atoms with Crippen LogP contribution in [0.4, 0.5) is 5.82 Å². The number of hydrogen-bond donors (Lipinski definition) is 0. The Morgan fingerprint density at radius 2 is 2.00 bits per heavy atom. The highest BCUT2D eigenvalue weighted by atomic mass is 16.6. The molecule has 0 aliphatic heterocycles. The van der Waals surface area contributed by atoms with Crippen LogP contribution in [-0.2, 0) is 6.54 Å². The molecule has 2 aromatic rings. The van der Waals surface area contributed by atoms with E-state index in [4.69, 9.17) is 4.74 Å². The van der Waals surface area contributed by atoms with Crippen molar-refractivity contribution in [1.82, 2.24) is 9.55 Å². The van der Waals surface area contributed by atoms with Gasteiger partial charge in [0.25, 0.3) is 0 Å². The molecule has 0 unspecified atom stereocenters. The van der Waals surface area contributed by atoms with Crippen LogP contribution in [0.5, 0.6) is 5.75 Å². The summed E-state index contributed by atoms with van der Waals surface area (Å²) in [6.45, 7) is 4.40. The van der Waals surface area contributed by atoms with Gasteiger partial charge in [-0.2, -0.15) is 0 Å². The Kier molecular flexibility index (Phi) is 4.02. The summed E-state index contributed by atoms with van der Waals surface area (Å²) in [7, 11) is 1.62. The molecule has 0 bridgehead atoms. The zero-order chi connectivity index (χ0) is 14.7. The summed E-state index contributed by atoms with van der Waals surface area (Å²) in [6, 6.07) is 7.62. The molecule has 0 N–H and O–H groups in total. The second kappa shape index (κ2) is 5.73. The highest BCUT2D eigenvalue weighted by Crippen LogP contribution is 2.25. The molecular weight excluding hydrogens is 258 g/mol. The lowest BCUT2D eigenvalue weighted by molar-refractivity contribution is -0.390. The van der Waals surface area contributed by atoms with E-state index in [1.54, 1.807) is 7.11 Å². The molecule has 0 saturated carbocycles. The van der Waals surface area contributed by atoms with Crippen LogP contribution in [0.25, 0.3) is 0 Å². The molecule has 2 rings (SSSR count). The second-order valence-electron chi connectivity index (χ2n) is 4.84. The van der Waals surface area contributed by atoms with Crippen molar-refractivity contribution in [2.24, 2.45) is 0 Å². The molecule has 0 saturated heterocycles. The first-order valence-corrected chi connectivity index (χ1v) is 6.35. The first kappa shape index (κ1) is 14.0. The van der Waals surface area contributed by atoms with Crippen LogP contribution < -0.4 is 4.74 Å². The van der Waals surface area contributed by atoms with Gasteiger partial charge >= 0.3 is 5.82 Å². The van der Waals surface area contributed by atoms with Gasteiger partial charge in [-0.3, -0.25) is 0 Å². The number of hydrogen-bond acceptors (Lipinski definition) is 4. The molecule has 0 amide bonds. The molecule has 1 aromatic carbocycles. The predicted molar refractivity (Wildman–Crippen MR) is 75.1 cm³/mol. The van der Waals surface area contributed by atoms with Crippen LogP contribution >= 0.6 is 0 Å². The van der Waals surface area contributed by atoms with Gasteiger partial charge in [0.05, 0.1) is 13.7 Å². The van der Waals surface area contributed by atoms with E-state index < -0.39 is 4.92 Å². The van der Waals surface area contributed by atoms with E-state index in [1.807, 2.05) is 42.7 Å². The fourth-order valence-corrected chi connectivity index (χ4v) is 2.17. The Morgan fingerprint density at radius 3 is 2.50 bits per heavy atom. The number of methoxy groups -OCH3 is 1. The number of benzene rings is 1. The summed E-state index contributed by atoms with van der Waals surface area (Å²) in [5.74, 6) is 0.763. The van der Waals surface area contributed by atoms with Gasteiger partial charge in [-0.15, -0.1) is 0 Å². The van der Waals surface area contributed by atoms with Crippen molar-refractivity contribution in [1.29, 1.82) is 0 Å². The second-order valence-corrected chi connectivity index (χ2v) is 4.84. The van der Waals surface area contributed by atoms with Gasteiger partial charge in [0.2, 0.25) is 6.33 Å². The molecule has 106 valence electrons. The van der Waals surface area contributed by atoms with Crippen LogP contribution in [0.2, 0.25) is 0 Å². The summed E-state index contributed by atoms with van der Waals surface area (Å²) in [5, 5.41) is 11.0. The van der Waals surface area contributed by atoms with Gasteiger partial charge in [-0.1, -0.05) is 26.0 Å². The quantitative estimate of drug-likeness (QED) is 0.621. The summed E-state index contributed by atoms with van der Waals surface area (Å²) in [4.78, 5) is 14.5. The number of nitro groups is 1. The van der Waals surface area contributed by atoms with Gasteiger partial charge in [0.1, 0.15) is 11.4 Å². The van der Waals surface area contributed by atoms with Crippen LogP contribution in [0.15, 0.2) is 30.6 Å². The van der Waals surface area contributed by atoms with Gasteiger partial charge < -0.3 is 19.4 Å². The first-order chi connectivity index (χ1) is 9.52. The van der Waals surface area contributed by atoms with Gasteiger partial charge in [0, 0.05) is 5.92 Å². The lowest BCUT2D eigenvalue weighted by Gasteiger charge is -2.10. The summed E-state index contributed by atoms with van der Waals surface area (Å²) >= 11 is 0. The van der Waals surface area contributed by atoms with Crippen LogP contribution in [0.3, 0.4) is 0 Å². The Labute approximate surface area is 117 Å². The zero-order valence-electron chi connectivity index (χ0n) is 11.7. The third-order valence-corrected chi connectivity index (χ3v) is 3.09. The van der Waals surface area contributed by atoms with Crippen molar-refractivity contribution in [2.45, 2.75) is 26.3 Å². The molecular formula is C14H17N3O3. The van der Waals surface area contributed by atoms with Gasteiger partial charge in [0.15, 0.2) is 0 Å². The standard InChI is InChI=1S/C14H17N3O3/c1-10(2)13-14(17(18)19)15-9-16(13)8-11-4-6-12(20-3)7-5-11/h4-7,9-10H,8H2,1-3H3. The number of aromatic nitrogens is 2. The summed E-state index contributed by atoms with van der Waals surface area (Å²) < 4.78 is 6.93. The maximum Gasteiger partial charge on any atom is 0.385 e. The van der Waals surface area contributed by atoms with Crippen molar-refractivity contribution >= 4 is 5.82 Å². The molecule has 0 atom stereocenters. The molecule has 0 aliphatic rings. The van der Waals surface area contributed by atoms with E-state index in [0.29, 0.717) is 12.2 Å². The number of nitrogens with zero attached hydrogens (tertiary/aromatic N) is 3. The van der Waals surface area contributed by atoms with Crippen molar-refractivity contribution in [3.05, 3.63) is 52.0 Å². The lowest BCUT2D eigenvalue weighted by atomic mass is 10.1. The average molecular weight is 275 g/mol. The van der Waals surface area contributed by atoms with Crippen molar-refractivity contribution in [3.8, 4) is 5.75 Å². The van der Waals surface area contributed by atoms with E-state index >= 15 is 0 Å². The van der Waals surface area contributed by atoms with E-state index in [0.717, 1.165) is 11.3 Å². The topological polar surface area (TPSA) is 70.2 Å². The molecule has 0 fully saturated rings. The van der Waals surface area contributed by atoms with Crippen LogP contribution in [0, 0.1) is 10.1 Å². The Bertz CT molecular complexity index is 603. The maximum atomic E-state index is 11.0. The van der Waals surface area contributed by atoms with Gasteiger partial charge in [-0.05, 0) is 27.6 Å². The highest BCUT2D eigenvalue weighted by Gasteiger charge is 2.23. The van der Waals surface area contributed by atoms with Crippen molar-refractivity contribution in [2.75, 3.05) is 7.11 Å².